The minimum atomic E-state index is 0.268. The molecule has 0 spiro atoms. The molecule has 0 N–H and O–H groups in total. The van der Waals surface area contributed by atoms with Crippen LogP contribution < -0.4 is 0 Å². The zero-order valence-electron chi connectivity index (χ0n) is 17.5. The first-order valence-corrected chi connectivity index (χ1v) is 11.3. The molecule has 3 rings (SSSR count). The molecule has 0 aromatic heterocycles. The predicted octanol–water partition coefficient (Wildman–Crippen LogP) is 6.20. The molecule has 3 saturated carbocycles. The number of carbonyl (C=O) groups is 1. The molecule has 0 heterocycles. The van der Waals surface area contributed by atoms with Crippen molar-refractivity contribution in [1.82, 2.24) is 0 Å². The van der Waals surface area contributed by atoms with Crippen LogP contribution in [-0.4, -0.2) is 19.0 Å². The average Bonchev–Trinajstić information content (AvgIpc) is 2.65. The van der Waals surface area contributed by atoms with Gasteiger partial charge < -0.3 is 4.74 Å². The average molecular weight is 361 g/mol. The van der Waals surface area contributed by atoms with E-state index >= 15 is 0 Å². The topological polar surface area (TPSA) is 26.3 Å². The van der Waals surface area contributed by atoms with Gasteiger partial charge in [0.2, 0.25) is 0 Å². The van der Waals surface area contributed by atoms with Crippen LogP contribution in [0, 0.1) is 35.5 Å². The number of Topliss-reactive ketones (excluding diaryl/α,β-unsaturated/α-hetero) is 1. The van der Waals surface area contributed by atoms with E-state index in [1.54, 1.807) is 0 Å². The summed E-state index contributed by atoms with van der Waals surface area (Å²) < 4.78 is 5.53. The van der Waals surface area contributed by atoms with Gasteiger partial charge in [-0.1, -0.05) is 26.8 Å². The molecule has 2 atom stereocenters. The number of hydrogen-bond donors (Lipinski definition) is 0. The van der Waals surface area contributed by atoms with Gasteiger partial charge in [-0.2, -0.15) is 0 Å². The van der Waals surface area contributed by atoms with Crippen LogP contribution in [0.25, 0.3) is 0 Å². The summed E-state index contributed by atoms with van der Waals surface area (Å²) in [6.45, 7) is 6.68. The van der Waals surface area contributed by atoms with E-state index in [0.29, 0.717) is 29.6 Å². The standard InChI is InChI=1S/C24H40O2/c1-16(2)22-14-5-17(3)23(24(22)25)15-18-6-8-19(9-7-18)20-10-12-21(26-4)13-11-20/h15-22H,5-14H2,1-4H3/b23-15+/t17-,18?,19?,20?,21?,22+/m1/s1. The van der Waals surface area contributed by atoms with Gasteiger partial charge in [-0.3, -0.25) is 4.79 Å². The van der Waals surface area contributed by atoms with E-state index < -0.39 is 0 Å². The summed E-state index contributed by atoms with van der Waals surface area (Å²) in [6, 6.07) is 0. The SMILES string of the molecule is COC1CCC(C2CCC(/C=C3/C(=O)[C@H](C(C)C)CC[C@H]3C)CC2)CC1. The van der Waals surface area contributed by atoms with Crippen molar-refractivity contribution in [3.05, 3.63) is 11.6 Å². The molecule has 0 aromatic rings. The molecule has 148 valence electrons. The summed E-state index contributed by atoms with van der Waals surface area (Å²) in [7, 11) is 1.86. The van der Waals surface area contributed by atoms with Crippen LogP contribution in [0.4, 0.5) is 0 Å². The maximum Gasteiger partial charge on any atom is 0.162 e. The Balaban J connectivity index is 1.54. The van der Waals surface area contributed by atoms with Gasteiger partial charge in [0, 0.05) is 13.0 Å². The zero-order chi connectivity index (χ0) is 18.7. The van der Waals surface area contributed by atoms with Crippen LogP contribution in [0.5, 0.6) is 0 Å². The zero-order valence-corrected chi connectivity index (χ0v) is 17.5. The summed E-state index contributed by atoms with van der Waals surface area (Å²) in [5.74, 6) is 4.19. The summed E-state index contributed by atoms with van der Waals surface area (Å²) in [4.78, 5) is 12.9. The molecule has 0 bridgehead atoms. The number of methoxy groups -OCH3 is 1. The van der Waals surface area contributed by atoms with Crippen molar-refractivity contribution >= 4 is 5.78 Å². The van der Waals surface area contributed by atoms with Crippen molar-refractivity contribution in [2.24, 2.45) is 35.5 Å². The molecule has 0 saturated heterocycles. The molecular formula is C24H40O2. The highest BCUT2D eigenvalue weighted by atomic mass is 16.5. The Morgan fingerprint density at radius 1 is 0.885 bits per heavy atom. The smallest absolute Gasteiger partial charge is 0.162 e. The van der Waals surface area contributed by atoms with E-state index in [2.05, 4.69) is 26.8 Å². The maximum atomic E-state index is 12.9. The molecule has 26 heavy (non-hydrogen) atoms. The molecule has 0 unspecified atom stereocenters. The van der Waals surface area contributed by atoms with E-state index in [-0.39, 0.29) is 5.92 Å². The molecule has 0 amide bonds. The van der Waals surface area contributed by atoms with Crippen molar-refractivity contribution < 1.29 is 9.53 Å². The molecule has 0 radical (unpaired) electrons. The highest BCUT2D eigenvalue weighted by molar-refractivity contribution is 5.98. The quantitative estimate of drug-likeness (QED) is 0.558. The third-order valence-electron chi connectivity index (χ3n) is 7.82. The first-order chi connectivity index (χ1) is 12.5. The molecule has 0 aliphatic heterocycles. The second-order valence-corrected chi connectivity index (χ2v) is 9.76. The first-order valence-electron chi connectivity index (χ1n) is 11.3. The van der Waals surface area contributed by atoms with Gasteiger partial charge in [0.15, 0.2) is 5.78 Å². The van der Waals surface area contributed by atoms with E-state index in [4.69, 9.17) is 4.74 Å². The van der Waals surface area contributed by atoms with E-state index in [9.17, 15) is 4.79 Å². The minimum Gasteiger partial charge on any atom is -0.381 e. The van der Waals surface area contributed by atoms with Crippen LogP contribution in [0.15, 0.2) is 11.6 Å². The highest BCUT2D eigenvalue weighted by Gasteiger charge is 2.34. The molecule has 0 aromatic carbocycles. The molecule has 2 heteroatoms. The van der Waals surface area contributed by atoms with Gasteiger partial charge in [-0.05, 0) is 99.4 Å². The summed E-state index contributed by atoms with van der Waals surface area (Å²) >= 11 is 0. The molecule has 3 fully saturated rings. The third kappa shape index (κ3) is 4.61. The molecule has 3 aliphatic rings. The number of hydrogen-bond acceptors (Lipinski definition) is 2. The normalized spacial score (nSPS) is 41.0. The summed E-state index contributed by atoms with van der Waals surface area (Å²) in [5, 5.41) is 0. The minimum absolute atomic E-state index is 0.268. The maximum absolute atomic E-state index is 12.9. The van der Waals surface area contributed by atoms with Crippen molar-refractivity contribution in [1.29, 1.82) is 0 Å². The lowest BCUT2D eigenvalue weighted by molar-refractivity contribution is -0.122. The third-order valence-corrected chi connectivity index (χ3v) is 7.82. The Kier molecular flexibility index (Phi) is 6.99. The van der Waals surface area contributed by atoms with Gasteiger partial charge >= 0.3 is 0 Å². The van der Waals surface area contributed by atoms with Gasteiger partial charge in [0.1, 0.15) is 0 Å². The summed E-state index contributed by atoms with van der Waals surface area (Å²) in [5.41, 5.74) is 1.18. The first kappa shape index (κ1) is 20.1. The van der Waals surface area contributed by atoms with Crippen LogP contribution in [0.1, 0.15) is 85.0 Å². The number of carbonyl (C=O) groups excluding carboxylic acids is 1. The Labute approximate surface area is 161 Å². The van der Waals surface area contributed by atoms with Gasteiger partial charge in [-0.25, -0.2) is 0 Å². The number of allylic oxidation sites excluding steroid dienone is 2. The molecular weight excluding hydrogens is 320 g/mol. The largest absolute Gasteiger partial charge is 0.381 e. The number of ketones is 1. The van der Waals surface area contributed by atoms with Crippen molar-refractivity contribution in [3.63, 3.8) is 0 Å². The van der Waals surface area contributed by atoms with Crippen molar-refractivity contribution in [2.75, 3.05) is 7.11 Å². The van der Waals surface area contributed by atoms with Crippen LogP contribution >= 0.6 is 0 Å². The molecule has 2 nitrogen and oxygen atoms in total. The van der Waals surface area contributed by atoms with Crippen LogP contribution in [0.2, 0.25) is 0 Å². The monoisotopic (exact) mass is 360 g/mol. The number of ether oxygens (including phenoxy) is 1. The van der Waals surface area contributed by atoms with Gasteiger partial charge in [0.05, 0.1) is 6.10 Å². The van der Waals surface area contributed by atoms with E-state index in [1.807, 2.05) is 7.11 Å². The lowest BCUT2D eigenvalue weighted by Crippen LogP contribution is -2.31. The fourth-order valence-corrected chi connectivity index (χ4v) is 5.89. The second kappa shape index (κ2) is 9.04. The van der Waals surface area contributed by atoms with Crippen molar-refractivity contribution in [2.45, 2.75) is 91.1 Å². The van der Waals surface area contributed by atoms with Crippen LogP contribution in [0.3, 0.4) is 0 Å². The van der Waals surface area contributed by atoms with Gasteiger partial charge in [0.25, 0.3) is 0 Å². The van der Waals surface area contributed by atoms with E-state index in [0.717, 1.165) is 18.3 Å². The van der Waals surface area contributed by atoms with Crippen LogP contribution in [-0.2, 0) is 9.53 Å². The summed E-state index contributed by atoms with van der Waals surface area (Å²) in [6.07, 6.45) is 15.8. The lowest BCUT2D eigenvalue weighted by Gasteiger charge is -2.37. The Morgan fingerprint density at radius 3 is 2.00 bits per heavy atom. The predicted molar refractivity (Wildman–Crippen MR) is 108 cm³/mol. The van der Waals surface area contributed by atoms with Crippen molar-refractivity contribution in [3.8, 4) is 0 Å². The van der Waals surface area contributed by atoms with Gasteiger partial charge in [-0.15, -0.1) is 0 Å². The molecule has 3 aliphatic carbocycles. The Bertz CT molecular complexity index is 490. The highest BCUT2D eigenvalue weighted by Crippen LogP contribution is 2.42. The Hall–Kier alpha value is -0.630. The lowest BCUT2D eigenvalue weighted by atomic mass is 9.69. The fraction of sp³-hybridized carbons (Fsp3) is 0.875. The number of rotatable bonds is 4. The fourth-order valence-electron chi connectivity index (χ4n) is 5.89. The van der Waals surface area contributed by atoms with E-state index in [1.165, 1.54) is 63.4 Å². The second-order valence-electron chi connectivity index (χ2n) is 9.76. The Morgan fingerprint density at radius 2 is 1.46 bits per heavy atom.